The summed E-state index contributed by atoms with van der Waals surface area (Å²) in [4.78, 5) is 0. The van der Waals surface area contributed by atoms with Crippen molar-refractivity contribution in [2.45, 2.75) is 77.3 Å². The maximum atomic E-state index is 6.87. The zero-order valence-electron chi connectivity index (χ0n) is 15.6. The standard InChI is InChI=1S/C22H34OSi/c1-24(2,21-16-10-5-11-17-21)23-22(20-14-8-4-9-15-20)18-19-12-6-3-7-13-19/h5,10-11,16-20H,3-4,6-9,12-15H2,1-2H3/b22-18-. The fraction of sp³-hybridized carbons (Fsp3) is 0.636. The first-order valence-corrected chi connectivity index (χ1v) is 13.0. The van der Waals surface area contributed by atoms with Crippen LogP contribution in [0.3, 0.4) is 0 Å². The third-order valence-electron chi connectivity index (χ3n) is 5.90. The van der Waals surface area contributed by atoms with Gasteiger partial charge in [-0.1, -0.05) is 68.9 Å². The molecule has 1 aromatic rings. The van der Waals surface area contributed by atoms with Gasteiger partial charge in [0.15, 0.2) is 0 Å². The zero-order chi connectivity index (χ0) is 16.8. The first-order chi connectivity index (χ1) is 11.6. The largest absolute Gasteiger partial charge is 0.543 e. The molecule has 0 N–H and O–H groups in total. The van der Waals surface area contributed by atoms with Crippen LogP contribution in [0.1, 0.15) is 64.2 Å². The van der Waals surface area contributed by atoms with E-state index >= 15 is 0 Å². The SMILES string of the molecule is C[Si](C)(O/C(=C\C1CCCCC1)C1CCCCC1)c1ccccc1. The van der Waals surface area contributed by atoms with Crippen molar-refractivity contribution in [3.05, 3.63) is 42.2 Å². The topological polar surface area (TPSA) is 9.23 Å². The summed E-state index contributed by atoms with van der Waals surface area (Å²) in [7, 11) is -1.88. The van der Waals surface area contributed by atoms with Gasteiger partial charge in [0.05, 0.1) is 5.76 Å². The number of rotatable bonds is 5. The minimum Gasteiger partial charge on any atom is -0.543 e. The summed E-state index contributed by atoms with van der Waals surface area (Å²) in [6.07, 6.45) is 16.4. The van der Waals surface area contributed by atoms with Crippen LogP contribution in [-0.2, 0) is 4.43 Å². The molecule has 0 amide bonds. The molecule has 0 atom stereocenters. The molecule has 3 rings (SSSR count). The Kier molecular flexibility index (Phi) is 6.21. The summed E-state index contributed by atoms with van der Waals surface area (Å²) < 4.78 is 6.87. The second-order valence-corrected chi connectivity index (χ2v) is 12.1. The van der Waals surface area contributed by atoms with Gasteiger partial charge in [-0.25, -0.2) is 0 Å². The molecule has 0 heterocycles. The van der Waals surface area contributed by atoms with Crippen LogP contribution in [0.5, 0.6) is 0 Å². The highest BCUT2D eigenvalue weighted by atomic mass is 28.4. The summed E-state index contributed by atoms with van der Waals surface area (Å²) in [5, 5.41) is 1.41. The molecular weight excluding hydrogens is 308 g/mol. The first-order valence-electron chi connectivity index (χ1n) is 10.1. The van der Waals surface area contributed by atoms with Crippen LogP contribution in [0.2, 0.25) is 13.1 Å². The highest BCUT2D eigenvalue weighted by Crippen LogP contribution is 2.35. The minimum absolute atomic E-state index is 0.677. The summed E-state index contributed by atoms with van der Waals surface area (Å²) in [5.41, 5.74) is 0. The Morgan fingerprint density at radius 3 is 2.08 bits per heavy atom. The highest BCUT2D eigenvalue weighted by molar-refractivity contribution is 6.84. The van der Waals surface area contributed by atoms with Crippen molar-refractivity contribution in [3.8, 4) is 0 Å². The molecule has 0 radical (unpaired) electrons. The van der Waals surface area contributed by atoms with Crippen molar-refractivity contribution < 1.29 is 4.43 Å². The van der Waals surface area contributed by atoms with Gasteiger partial charge < -0.3 is 4.43 Å². The van der Waals surface area contributed by atoms with E-state index in [0.717, 1.165) is 5.92 Å². The van der Waals surface area contributed by atoms with Crippen molar-refractivity contribution in [2.75, 3.05) is 0 Å². The van der Waals surface area contributed by atoms with Gasteiger partial charge in [0, 0.05) is 5.92 Å². The van der Waals surface area contributed by atoms with Crippen LogP contribution in [0.15, 0.2) is 42.2 Å². The molecule has 0 unspecified atom stereocenters. The van der Waals surface area contributed by atoms with Gasteiger partial charge in [0.2, 0.25) is 0 Å². The molecule has 2 saturated carbocycles. The zero-order valence-corrected chi connectivity index (χ0v) is 16.6. The molecule has 0 aliphatic heterocycles. The smallest absolute Gasteiger partial charge is 0.276 e. The molecule has 2 aliphatic carbocycles. The monoisotopic (exact) mass is 342 g/mol. The molecule has 1 nitrogen and oxygen atoms in total. The number of allylic oxidation sites excluding steroid dienone is 2. The van der Waals surface area contributed by atoms with E-state index in [-0.39, 0.29) is 0 Å². The number of benzene rings is 1. The lowest BCUT2D eigenvalue weighted by molar-refractivity contribution is 0.278. The number of hydrogen-bond donors (Lipinski definition) is 0. The fourth-order valence-electron chi connectivity index (χ4n) is 4.37. The van der Waals surface area contributed by atoms with Crippen molar-refractivity contribution in [2.24, 2.45) is 11.8 Å². The van der Waals surface area contributed by atoms with Crippen LogP contribution in [0.25, 0.3) is 0 Å². The van der Waals surface area contributed by atoms with Gasteiger partial charge in [0.1, 0.15) is 0 Å². The second-order valence-electron chi connectivity index (χ2n) is 8.28. The van der Waals surface area contributed by atoms with Crippen LogP contribution in [-0.4, -0.2) is 8.32 Å². The van der Waals surface area contributed by atoms with E-state index in [4.69, 9.17) is 4.43 Å². The Bertz CT molecular complexity index is 522. The maximum absolute atomic E-state index is 6.87. The fourth-order valence-corrected chi connectivity index (χ4v) is 6.30. The van der Waals surface area contributed by atoms with Crippen molar-refractivity contribution >= 4 is 13.5 Å². The van der Waals surface area contributed by atoms with E-state index in [9.17, 15) is 0 Å². The van der Waals surface area contributed by atoms with Gasteiger partial charge in [0.25, 0.3) is 8.32 Å². The molecule has 0 saturated heterocycles. The number of hydrogen-bond acceptors (Lipinski definition) is 1. The molecule has 2 heteroatoms. The molecular formula is C22H34OSi. The van der Waals surface area contributed by atoms with Gasteiger partial charge >= 0.3 is 0 Å². The predicted molar refractivity (Wildman–Crippen MR) is 106 cm³/mol. The molecule has 1 aromatic carbocycles. The minimum atomic E-state index is -1.88. The Hall–Kier alpha value is -1.02. The molecule has 24 heavy (non-hydrogen) atoms. The lowest BCUT2D eigenvalue weighted by Gasteiger charge is -2.33. The summed E-state index contributed by atoms with van der Waals surface area (Å²) in [5.74, 6) is 2.80. The van der Waals surface area contributed by atoms with E-state index in [1.165, 1.54) is 75.2 Å². The molecule has 0 aromatic heterocycles. The van der Waals surface area contributed by atoms with Crippen molar-refractivity contribution in [1.29, 1.82) is 0 Å². The summed E-state index contributed by atoms with van der Waals surface area (Å²) in [6, 6.07) is 10.9. The van der Waals surface area contributed by atoms with Crippen LogP contribution in [0.4, 0.5) is 0 Å². The van der Waals surface area contributed by atoms with Crippen molar-refractivity contribution in [3.63, 3.8) is 0 Å². The molecule has 132 valence electrons. The third-order valence-corrected chi connectivity index (χ3v) is 8.37. The Morgan fingerprint density at radius 1 is 0.875 bits per heavy atom. The summed E-state index contributed by atoms with van der Waals surface area (Å²) >= 11 is 0. The molecule has 0 bridgehead atoms. The Labute approximate surface area is 149 Å². The summed E-state index contributed by atoms with van der Waals surface area (Å²) in [6.45, 7) is 4.72. The van der Waals surface area contributed by atoms with Crippen LogP contribution >= 0.6 is 0 Å². The van der Waals surface area contributed by atoms with Gasteiger partial charge in [-0.3, -0.25) is 0 Å². The van der Waals surface area contributed by atoms with Gasteiger partial charge in [-0.15, -0.1) is 0 Å². The third kappa shape index (κ3) is 4.75. The van der Waals surface area contributed by atoms with E-state index in [0.29, 0.717) is 5.92 Å². The molecule has 2 aliphatic rings. The highest BCUT2D eigenvalue weighted by Gasteiger charge is 2.31. The van der Waals surface area contributed by atoms with Crippen LogP contribution < -0.4 is 5.19 Å². The van der Waals surface area contributed by atoms with Crippen molar-refractivity contribution in [1.82, 2.24) is 0 Å². The van der Waals surface area contributed by atoms with E-state index in [2.05, 4.69) is 49.5 Å². The van der Waals surface area contributed by atoms with E-state index < -0.39 is 8.32 Å². The van der Waals surface area contributed by atoms with Crippen LogP contribution in [0, 0.1) is 11.8 Å². The average Bonchev–Trinajstić information content (AvgIpc) is 2.63. The van der Waals surface area contributed by atoms with Gasteiger partial charge in [-0.05, 0) is 56.0 Å². The lowest BCUT2D eigenvalue weighted by atomic mass is 9.84. The second kappa shape index (κ2) is 8.38. The Balaban J connectivity index is 1.79. The maximum Gasteiger partial charge on any atom is 0.276 e. The van der Waals surface area contributed by atoms with E-state index in [1.54, 1.807) is 0 Å². The van der Waals surface area contributed by atoms with Gasteiger partial charge in [-0.2, -0.15) is 0 Å². The quantitative estimate of drug-likeness (QED) is 0.460. The predicted octanol–water partition coefficient (Wildman–Crippen LogP) is 6.16. The first kappa shape index (κ1) is 17.8. The Morgan fingerprint density at radius 2 is 1.46 bits per heavy atom. The molecule has 2 fully saturated rings. The molecule has 0 spiro atoms. The van der Waals surface area contributed by atoms with E-state index in [1.807, 2.05) is 0 Å². The lowest BCUT2D eigenvalue weighted by Crippen LogP contribution is -2.45. The average molecular weight is 343 g/mol. The normalized spacial score (nSPS) is 21.7.